The van der Waals surface area contributed by atoms with E-state index in [0.29, 0.717) is 23.6 Å². The van der Waals surface area contributed by atoms with Crippen LogP contribution in [0.4, 0.5) is 5.69 Å². The molecule has 0 saturated carbocycles. The highest BCUT2D eigenvalue weighted by atomic mass is 16.5. The second-order valence-corrected chi connectivity index (χ2v) is 5.66. The molecule has 0 aliphatic rings. The second-order valence-electron chi connectivity index (χ2n) is 5.66. The van der Waals surface area contributed by atoms with Crippen LogP contribution in [0.25, 0.3) is 0 Å². The standard InChI is InChI=1S/C20H20N2O5/c1-13-17(25-2)10-15(11-18(13)26-3)20(24)27-12-19(23)22-16-6-4-14(5-7-16)8-9-21/h4-7,10-11H,8,12H2,1-3H3,(H,22,23). The number of hydrogen-bond donors (Lipinski definition) is 1. The van der Waals surface area contributed by atoms with E-state index in [2.05, 4.69) is 5.32 Å². The number of benzene rings is 2. The summed E-state index contributed by atoms with van der Waals surface area (Å²) in [7, 11) is 2.98. The predicted molar refractivity (Wildman–Crippen MR) is 99.0 cm³/mol. The van der Waals surface area contributed by atoms with E-state index in [0.717, 1.165) is 11.1 Å². The number of methoxy groups -OCH3 is 2. The van der Waals surface area contributed by atoms with Gasteiger partial charge in [0.15, 0.2) is 6.61 Å². The minimum atomic E-state index is -0.661. The van der Waals surface area contributed by atoms with Gasteiger partial charge in [-0.2, -0.15) is 5.26 Å². The molecule has 0 aromatic heterocycles. The Labute approximate surface area is 157 Å². The van der Waals surface area contributed by atoms with Gasteiger partial charge in [0.25, 0.3) is 5.91 Å². The normalized spacial score (nSPS) is 9.85. The number of nitrogens with one attached hydrogen (secondary N) is 1. The maximum atomic E-state index is 12.2. The van der Waals surface area contributed by atoms with Gasteiger partial charge in [0, 0.05) is 11.3 Å². The van der Waals surface area contributed by atoms with Crippen LogP contribution in [-0.4, -0.2) is 32.7 Å². The smallest absolute Gasteiger partial charge is 0.338 e. The molecule has 0 saturated heterocycles. The topological polar surface area (TPSA) is 97.6 Å². The summed E-state index contributed by atoms with van der Waals surface area (Å²) in [6, 6.07) is 12.0. The van der Waals surface area contributed by atoms with Gasteiger partial charge in [0.2, 0.25) is 0 Å². The zero-order valence-corrected chi connectivity index (χ0v) is 15.4. The van der Waals surface area contributed by atoms with E-state index in [4.69, 9.17) is 19.5 Å². The maximum Gasteiger partial charge on any atom is 0.338 e. The lowest BCUT2D eigenvalue weighted by atomic mass is 10.1. The van der Waals surface area contributed by atoms with Crippen molar-refractivity contribution in [3.05, 3.63) is 53.1 Å². The van der Waals surface area contributed by atoms with Gasteiger partial charge in [-0.15, -0.1) is 0 Å². The first kappa shape index (κ1) is 19.8. The molecule has 0 fully saturated rings. The van der Waals surface area contributed by atoms with Crippen molar-refractivity contribution in [1.29, 1.82) is 5.26 Å². The highest BCUT2D eigenvalue weighted by molar-refractivity contribution is 5.96. The molecule has 0 unspecified atom stereocenters. The molecule has 0 bridgehead atoms. The third kappa shape index (κ3) is 5.22. The van der Waals surface area contributed by atoms with Crippen molar-refractivity contribution in [1.82, 2.24) is 0 Å². The molecule has 0 aliphatic heterocycles. The SMILES string of the molecule is COc1cc(C(=O)OCC(=O)Nc2ccc(CC#N)cc2)cc(OC)c1C. The molecule has 2 aromatic carbocycles. The lowest BCUT2D eigenvalue weighted by Crippen LogP contribution is -2.21. The molecule has 140 valence electrons. The van der Waals surface area contributed by atoms with Crippen LogP contribution in [0, 0.1) is 18.3 Å². The average molecular weight is 368 g/mol. The Kier molecular flexibility index (Phi) is 6.78. The highest BCUT2D eigenvalue weighted by Crippen LogP contribution is 2.29. The number of esters is 1. The van der Waals surface area contributed by atoms with Crippen LogP contribution in [0.3, 0.4) is 0 Å². The number of carbonyl (C=O) groups excluding carboxylic acids is 2. The summed E-state index contributed by atoms with van der Waals surface area (Å²) in [5.74, 6) is -0.153. The van der Waals surface area contributed by atoms with E-state index in [1.807, 2.05) is 13.0 Å². The largest absolute Gasteiger partial charge is 0.496 e. The van der Waals surface area contributed by atoms with Gasteiger partial charge in [-0.05, 0) is 36.8 Å². The van der Waals surface area contributed by atoms with Crippen LogP contribution < -0.4 is 14.8 Å². The molecular weight excluding hydrogens is 348 g/mol. The molecule has 7 nitrogen and oxygen atoms in total. The van der Waals surface area contributed by atoms with Gasteiger partial charge < -0.3 is 19.5 Å². The zero-order chi connectivity index (χ0) is 19.8. The number of carbonyl (C=O) groups is 2. The molecule has 27 heavy (non-hydrogen) atoms. The van der Waals surface area contributed by atoms with Crippen molar-refractivity contribution in [2.24, 2.45) is 0 Å². The number of hydrogen-bond acceptors (Lipinski definition) is 6. The van der Waals surface area contributed by atoms with E-state index >= 15 is 0 Å². The Balaban J connectivity index is 1.96. The Hall–Kier alpha value is -3.53. The van der Waals surface area contributed by atoms with Crippen LogP contribution in [0.1, 0.15) is 21.5 Å². The third-order valence-electron chi connectivity index (χ3n) is 3.84. The minimum Gasteiger partial charge on any atom is -0.496 e. The van der Waals surface area contributed by atoms with Crippen molar-refractivity contribution < 1.29 is 23.8 Å². The minimum absolute atomic E-state index is 0.225. The molecule has 0 radical (unpaired) electrons. The van der Waals surface area contributed by atoms with Crippen LogP contribution in [0.5, 0.6) is 11.5 Å². The summed E-state index contributed by atoms with van der Waals surface area (Å²) in [4.78, 5) is 24.2. The summed E-state index contributed by atoms with van der Waals surface area (Å²) in [6.45, 7) is 1.37. The lowest BCUT2D eigenvalue weighted by molar-refractivity contribution is -0.119. The van der Waals surface area contributed by atoms with E-state index in [1.54, 1.807) is 24.3 Å². The van der Waals surface area contributed by atoms with Gasteiger partial charge in [-0.25, -0.2) is 4.79 Å². The van der Waals surface area contributed by atoms with Crippen LogP contribution >= 0.6 is 0 Å². The van der Waals surface area contributed by atoms with Gasteiger partial charge in [0.05, 0.1) is 32.3 Å². The Morgan fingerprint density at radius 1 is 1.07 bits per heavy atom. The summed E-state index contributed by atoms with van der Waals surface area (Å²) < 4.78 is 15.5. The number of nitrogens with zero attached hydrogens (tertiary/aromatic N) is 1. The second kappa shape index (κ2) is 9.25. The van der Waals surface area contributed by atoms with E-state index < -0.39 is 18.5 Å². The Bertz CT molecular complexity index is 844. The Morgan fingerprint density at radius 3 is 2.19 bits per heavy atom. The van der Waals surface area contributed by atoms with Crippen LogP contribution in [-0.2, 0) is 16.0 Å². The number of rotatable bonds is 7. The first-order valence-corrected chi connectivity index (χ1v) is 8.14. The van der Waals surface area contributed by atoms with E-state index in [9.17, 15) is 9.59 Å². The van der Waals surface area contributed by atoms with Gasteiger partial charge in [-0.1, -0.05) is 12.1 Å². The monoisotopic (exact) mass is 368 g/mol. The first-order chi connectivity index (χ1) is 13.0. The quantitative estimate of drug-likeness (QED) is 0.755. The fraction of sp³-hybridized carbons (Fsp3) is 0.250. The zero-order valence-electron chi connectivity index (χ0n) is 15.4. The fourth-order valence-corrected chi connectivity index (χ4v) is 2.41. The summed E-state index contributed by atoms with van der Waals surface area (Å²) in [5, 5.41) is 11.3. The third-order valence-corrected chi connectivity index (χ3v) is 3.84. The van der Waals surface area contributed by atoms with Crippen LogP contribution in [0.15, 0.2) is 36.4 Å². The van der Waals surface area contributed by atoms with Crippen molar-refractivity contribution in [2.75, 3.05) is 26.1 Å². The number of ether oxygens (including phenoxy) is 3. The number of anilines is 1. The molecule has 2 rings (SSSR count). The average Bonchev–Trinajstić information content (AvgIpc) is 2.68. The molecule has 0 heterocycles. The predicted octanol–water partition coefficient (Wildman–Crippen LogP) is 2.87. The van der Waals surface area contributed by atoms with E-state index in [1.165, 1.54) is 26.4 Å². The van der Waals surface area contributed by atoms with Gasteiger partial charge in [-0.3, -0.25) is 4.79 Å². The van der Waals surface area contributed by atoms with Crippen molar-refractivity contribution in [2.45, 2.75) is 13.3 Å². The molecule has 1 amide bonds. The molecule has 2 aromatic rings. The highest BCUT2D eigenvalue weighted by Gasteiger charge is 2.16. The fourth-order valence-electron chi connectivity index (χ4n) is 2.41. The lowest BCUT2D eigenvalue weighted by Gasteiger charge is -2.12. The molecule has 0 spiro atoms. The molecule has 0 atom stereocenters. The van der Waals surface area contributed by atoms with E-state index in [-0.39, 0.29) is 5.56 Å². The van der Waals surface area contributed by atoms with Gasteiger partial charge in [0.1, 0.15) is 11.5 Å². The van der Waals surface area contributed by atoms with Crippen molar-refractivity contribution in [3.63, 3.8) is 0 Å². The van der Waals surface area contributed by atoms with Crippen molar-refractivity contribution in [3.8, 4) is 17.6 Å². The molecule has 7 heteroatoms. The number of nitriles is 1. The van der Waals surface area contributed by atoms with Gasteiger partial charge >= 0.3 is 5.97 Å². The summed E-state index contributed by atoms with van der Waals surface area (Å²) in [6.07, 6.45) is 0.301. The molecule has 1 N–H and O–H groups in total. The first-order valence-electron chi connectivity index (χ1n) is 8.14. The Morgan fingerprint density at radius 2 is 1.67 bits per heavy atom. The van der Waals surface area contributed by atoms with Crippen molar-refractivity contribution >= 4 is 17.6 Å². The molecule has 0 aliphatic carbocycles. The maximum absolute atomic E-state index is 12.2. The number of amides is 1. The van der Waals surface area contributed by atoms with Crippen LogP contribution in [0.2, 0.25) is 0 Å². The summed E-state index contributed by atoms with van der Waals surface area (Å²) in [5.41, 5.74) is 2.39. The molecular formula is C20H20N2O5. The summed E-state index contributed by atoms with van der Waals surface area (Å²) >= 11 is 0.